The minimum absolute atomic E-state index is 0.0473. The molecular formula is C13H8ClFN2O2. The summed E-state index contributed by atoms with van der Waals surface area (Å²) in [6.45, 7) is 0. The van der Waals surface area contributed by atoms with Crippen LogP contribution in [0.2, 0.25) is 0 Å². The lowest BCUT2D eigenvalue weighted by molar-refractivity contribution is -0.123. The quantitative estimate of drug-likeness (QED) is 0.616. The fourth-order valence-corrected chi connectivity index (χ4v) is 2.03. The van der Waals surface area contributed by atoms with Gasteiger partial charge in [-0.3, -0.25) is 9.78 Å². The van der Waals surface area contributed by atoms with E-state index in [0.717, 1.165) is 12.2 Å². The Morgan fingerprint density at radius 3 is 2.95 bits per heavy atom. The Morgan fingerprint density at radius 2 is 2.32 bits per heavy atom. The molecular weight excluding hydrogens is 271 g/mol. The summed E-state index contributed by atoms with van der Waals surface area (Å²) in [5, 5.41) is 0.198. The van der Waals surface area contributed by atoms with Gasteiger partial charge in [0.15, 0.2) is 5.67 Å². The monoisotopic (exact) mass is 278 g/mol. The topological polar surface area (TPSA) is 59.4 Å². The summed E-state index contributed by atoms with van der Waals surface area (Å²) in [7, 11) is 0. The van der Waals surface area contributed by atoms with E-state index < -0.39 is 17.5 Å². The highest BCUT2D eigenvalue weighted by molar-refractivity contribution is 6.31. The molecule has 0 N–H and O–H groups in total. The van der Waals surface area contributed by atoms with Crippen LogP contribution < -0.4 is 0 Å². The average molecular weight is 279 g/mol. The van der Waals surface area contributed by atoms with Crippen LogP contribution >= 0.6 is 11.6 Å². The third kappa shape index (κ3) is 2.52. The fraction of sp³-hybridized carbons (Fsp3) is 0.154. The van der Waals surface area contributed by atoms with Crippen LogP contribution in [0.5, 0.6) is 0 Å². The van der Waals surface area contributed by atoms with Crippen LogP contribution in [-0.2, 0) is 15.3 Å². The highest BCUT2D eigenvalue weighted by atomic mass is 35.5. The van der Waals surface area contributed by atoms with Gasteiger partial charge in [-0.1, -0.05) is 17.7 Å². The number of amides is 1. The van der Waals surface area contributed by atoms with Crippen molar-refractivity contribution in [2.45, 2.75) is 5.67 Å². The summed E-state index contributed by atoms with van der Waals surface area (Å²) in [6.07, 6.45) is 6.21. The summed E-state index contributed by atoms with van der Waals surface area (Å²) in [6, 6.07) is 4.67. The van der Waals surface area contributed by atoms with Gasteiger partial charge < -0.3 is 0 Å². The van der Waals surface area contributed by atoms with E-state index in [9.17, 15) is 9.59 Å². The third-order valence-electron chi connectivity index (χ3n) is 2.74. The van der Waals surface area contributed by atoms with Gasteiger partial charge in [-0.05, 0) is 30.4 Å². The van der Waals surface area contributed by atoms with Crippen molar-refractivity contribution in [1.82, 2.24) is 4.98 Å². The molecule has 0 aromatic carbocycles. The van der Waals surface area contributed by atoms with Gasteiger partial charge in [0.25, 0.3) is 5.91 Å². The van der Waals surface area contributed by atoms with Crippen molar-refractivity contribution in [3.05, 3.63) is 53.4 Å². The smallest absolute Gasteiger partial charge is 0.267 e. The number of aliphatic imine (C=N–C) groups is 1. The number of rotatable bonds is 2. The number of hydrogen-bond donors (Lipinski definition) is 0. The van der Waals surface area contributed by atoms with Gasteiger partial charge in [-0.25, -0.2) is 9.18 Å². The maximum atomic E-state index is 15.1. The van der Waals surface area contributed by atoms with E-state index in [0.29, 0.717) is 0 Å². The van der Waals surface area contributed by atoms with Crippen molar-refractivity contribution in [2.75, 3.05) is 0 Å². The zero-order chi connectivity index (χ0) is 13.9. The summed E-state index contributed by atoms with van der Waals surface area (Å²) in [5.41, 5.74) is -2.14. The average Bonchev–Trinajstić information content (AvgIpc) is 2.43. The van der Waals surface area contributed by atoms with Crippen LogP contribution in [0, 0.1) is 5.92 Å². The van der Waals surface area contributed by atoms with Gasteiger partial charge in [0.1, 0.15) is 5.92 Å². The van der Waals surface area contributed by atoms with E-state index in [1.807, 2.05) is 0 Å². The number of pyridine rings is 1. The van der Waals surface area contributed by atoms with Crippen molar-refractivity contribution in [3.63, 3.8) is 0 Å². The molecule has 0 saturated heterocycles. The summed E-state index contributed by atoms with van der Waals surface area (Å²) in [5.74, 6) is -2.29. The normalized spacial score (nSPS) is 25.4. The summed E-state index contributed by atoms with van der Waals surface area (Å²) < 4.78 is 15.1. The molecule has 0 saturated carbocycles. The SMILES string of the molecule is O=C=NC(=O)C1C=C(Cl)C=CC1(F)c1ccccn1. The first-order chi connectivity index (χ1) is 9.08. The van der Waals surface area contributed by atoms with Crippen LogP contribution in [0.1, 0.15) is 5.69 Å². The number of hydrogen-bond acceptors (Lipinski definition) is 3. The Labute approximate surface area is 113 Å². The van der Waals surface area contributed by atoms with Crippen molar-refractivity contribution in [3.8, 4) is 0 Å². The Hall–Kier alpha value is -2.10. The van der Waals surface area contributed by atoms with Crippen molar-refractivity contribution in [2.24, 2.45) is 10.9 Å². The molecule has 0 fully saturated rings. The van der Waals surface area contributed by atoms with Crippen LogP contribution in [0.4, 0.5) is 4.39 Å². The first-order valence-corrected chi connectivity index (χ1v) is 5.74. The van der Waals surface area contributed by atoms with Gasteiger partial charge in [0, 0.05) is 11.2 Å². The van der Waals surface area contributed by atoms with Crippen LogP contribution in [-0.4, -0.2) is 17.0 Å². The second-order valence-corrected chi connectivity index (χ2v) is 4.32. The van der Waals surface area contributed by atoms with Crippen LogP contribution in [0.25, 0.3) is 0 Å². The lowest BCUT2D eigenvalue weighted by Crippen LogP contribution is -2.35. The lowest BCUT2D eigenvalue weighted by Gasteiger charge is -2.28. The molecule has 1 aromatic rings. The standard InChI is InChI=1S/C13H8ClFN2O2/c14-9-4-5-13(15,11-3-1-2-6-16-11)10(7-9)12(19)17-8-18/h1-7,10H. The molecule has 0 aliphatic heterocycles. The molecule has 1 amide bonds. The number of aromatic nitrogens is 1. The number of halogens is 2. The molecule has 2 atom stereocenters. The van der Waals surface area contributed by atoms with Gasteiger partial charge in [0.2, 0.25) is 6.08 Å². The van der Waals surface area contributed by atoms with E-state index in [4.69, 9.17) is 11.6 Å². The Kier molecular flexibility index (Phi) is 3.69. The minimum atomic E-state index is -2.18. The number of alkyl halides is 1. The van der Waals surface area contributed by atoms with E-state index in [-0.39, 0.29) is 10.7 Å². The molecule has 2 unspecified atom stereocenters. The Bertz CT molecular complexity index is 608. The highest BCUT2D eigenvalue weighted by Gasteiger charge is 2.45. The number of isocyanates is 1. The molecule has 1 aliphatic carbocycles. The Morgan fingerprint density at radius 1 is 1.53 bits per heavy atom. The van der Waals surface area contributed by atoms with Gasteiger partial charge in [0.05, 0.1) is 5.69 Å². The van der Waals surface area contributed by atoms with Crippen molar-refractivity contribution < 1.29 is 14.0 Å². The molecule has 2 rings (SSSR count). The van der Waals surface area contributed by atoms with E-state index >= 15 is 4.39 Å². The number of carbonyl (C=O) groups is 1. The van der Waals surface area contributed by atoms with E-state index in [2.05, 4.69) is 9.98 Å². The fourth-order valence-electron chi connectivity index (χ4n) is 1.84. The van der Waals surface area contributed by atoms with Crippen molar-refractivity contribution in [1.29, 1.82) is 0 Å². The number of carbonyl (C=O) groups excluding carboxylic acids is 2. The molecule has 0 bridgehead atoms. The zero-order valence-corrected chi connectivity index (χ0v) is 10.3. The van der Waals surface area contributed by atoms with E-state index in [1.165, 1.54) is 24.4 Å². The molecule has 96 valence electrons. The zero-order valence-electron chi connectivity index (χ0n) is 9.59. The predicted octanol–water partition coefficient (Wildman–Crippen LogP) is 2.42. The molecule has 4 nitrogen and oxygen atoms in total. The largest absolute Gasteiger partial charge is 0.271 e. The molecule has 19 heavy (non-hydrogen) atoms. The Balaban J connectivity index is 2.51. The number of nitrogens with zero attached hydrogens (tertiary/aromatic N) is 2. The molecule has 1 aromatic heterocycles. The second-order valence-electron chi connectivity index (χ2n) is 3.89. The maximum Gasteiger partial charge on any atom is 0.267 e. The first kappa shape index (κ1) is 13.3. The maximum absolute atomic E-state index is 15.1. The lowest BCUT2D eigenvalue weighted by atomic mass is 9.82. The molecule has 1 aliphatic rings. The molecule has 0 radical (unpaired) electrons. The second kappa shape index (κ2) is 5.26. The molecule has 0 spiro atoms. The van der Waals surface area contributed by atoms with Gasteiger partial charge in [-0.2, -0.15) is 0 Å². The van der Waals surface area contributed by atoms with E-state index in [1.54, 1.807) is 12.1 Å². The predicted molar refractivity (Wildman–Crippen MR) is 66.7 cm³/mol. The van der Waals surface area contributed by atoms with Crippen LogP contribution in [0.3, 0.4) is 0 Å². The van der Waals surface area contributed by atoms with Gasteiger partial charge >= 0.3 is 0 Å². The highest BCUT2D eigenvalue weighted by Crippen LogP contribution is 2.40. The first-order valence-electron chi connectivity index (χ1n) is 5.36. The summed E-state index contributed by atoms with van der Waals surface area (Å²) in [4.78, 5) is 28.7. The van der Waals surface area contributed by atoms with Crippen molar-refractivity contribution >= 4 is 23.6 Å². The molecule has 6 heteroatoms. The number of allylic oxidation sites excluding steroid dienone is 3. The summed E-state index contributed by atoms with van der Waals surface area (Å²) >= 11 is 5.77. The minimum Gasteiger partial charge on any atom is -0.271 e. The van der Waals surface area contributed by atoms with Crippen LogP contribution in [0.15, 0.2) is 52.6 Å². The third-order valence-corrected chi connectivity index (χ3v) is 2.99. The van der Waals surface area contributed by atoms with Gasteiger partial charge in [-0.15, -0.1) is 4.99 Å². The molecule has 1 heterocycles.